The largest absolute Gasteiger partial charge is 0.378 e. The highest BCUT2D eigenvalue weighted by molar-refractivity contribution is 5.94. The molecule has 0 atom stereocenters. The third-order valence-corrected chi connectivity index (χ3v) is 5.64. The van der Waals surface area contributed by atoms with Gasteiger partial charge in [0.2, 0.25) is 11.9 Å². The minimum atomic E-state index is -0.0952. The fourth-order valence-corrected chi connectivity index (χ4v) is 3.86. The second-order valence-corrected chi connectivity index (χ2v) is 8.64. The Morgan fingerprint density at radius 2 is 1.80 bits per heavy atom. The van der Waals surface area contributed by atoms with Gasteiger partial charge in [0.25, 0.3) is 5.91 Å². The highest BCUT2D eigenvalue weighted by atomic mass is 16.5. The maximum Gasteiger partial charge on any atom is 0.251 e. The predicted octanol–water partition coefficient (Wildman–Crippen LogP) is 3.81. The Morgan fingerprint density at radius 1 is 1.00 bits per heavy atom. The third kappa shape index (κ3) is 5.36. The predicted molar refractivity (Wildman–Crippen MR) is 136 cm³/mol. The summed E-state index contributed by atoms with van der Waals surface area (Å²) >= 11 is 0. The molecule has 0 saturated carbocycles. The van der Waals surface area contributed by atoms with Crippen LogP contribution in [0.25, 0.3) is 22.2 Å². The summed E-state index contributed by atoms with van der Waals surface area (Å²) in [6.45, 7) is 6.86. The van der Waals surface area contributed by atoms with E-state index in [9.17, 15) is 4.79 Å². The van der Waals surface area contributed by atoms with E-state index in [-0.39, 0.29) is 11.9 Å². The molecule has 1 amide bonds. The lowest BCUT2D eigenvalue weighted by molar-refractivity contribution is 0.0943. The van der Waals surface area contributed by atoms with Gasteiger partial charge < -0.3 is 20.3 Å². The fraction of sp³-hybridized carbons (Fsp3) is 0.269. The SMILES string of the molecule is CC(C)NC(=O)c1ccc(Nc2nccc(-c3ccc4nc(N5CCOCC5)ncc4c3)n2)cc1. The lowest BCUT2D eigenvalue weighted by Gasteiger charge is -2.26. The van der Waals surface area contributed by atoms with Gasteiger partial charge in [0.05, 0.1) is 24.4 Å². The van der Waals surface area contributed by atoms with E-state index in [1.54, 1.807) is 18.3 Å². The third-order valence-electron chi connectivity index (χ3n) is 5.64. The molecule has 3 heterocycles. The van der Waals surface area contributed by atoms with Crippen molar-refractivity contribution >= 4 is 34.4 Å². The summed E-state index contributed by atoms with van der Waals surface area (Å²) in [7, 11) is 0. The first kappa shape index (κ1) is 22.7. The molecule has 1 saturated heterocycles. The highest BCUT2D eigenvalue weighted by Crippen LogP contribution is 2.24. The number of rotatable bonds is 6. The number of morpholine rings is 1. The zero-order valence-electron chi connectivity index (χ0n) is 19.7. The van der Waals surface area contributed by atoms with Gasteiger partial charge in [-0.2, -0.15) is 0 Å². The van der Waals surface area contributed by atoms with Crippen LogP contribution in [0.15, 0.2) is 60.9 Å². The van der Waals surface area contributed by atoms with Gasteiger partial charge in [0.1, 0.15) is 0 Å². The van der Waals surface area contributed by atoms with Crippen molar-refractivity contribution in [1.29, 1.82) is 0 Å². The number of anilines is 3. The Labute approximate surface area is 203 Å². The molecule has 5 rings (SSSR count). The molecule has 4 aromatic rings. The number of fused-ring (bicyclic) bond motifs is 1. The summed E-state index contributed by atoms with van der Waals surface area (Å²) in [4.78, 5) is 32.6. The normalized spacial score (nSPS) is 13.7. The van der Waals surface area contributed by atoms with Crippen LogP contribution in [0, 0.1) is 0 Å². The minimum Gasteiger partial charge on any atom is -0.378 e. The summed E-state index contributed by atoms with van der Waals surface area (Å²) < 4.78 is 5.42. The van der Waals surface area contributed by atoms with E-state index >= 15 is 0 Å². The Hall–Kier alpha value is -4.11. The van der Waals surface area contributed by atoms with Crippen LogP contribution < -0.4 is 15.5 Å². The number of aromatic nitrogens is 4. The standard InChI is InChI=1S/C26H27N7O2/c1-17(2)29-24(34)18-3-6-21(7-4-18)30-25-27-10-9-23(31-25)19-5-8-22-20(15-19)16-28-26(32-22)33-11-13-35-14-12-33/h3-10,15-17H,11-14H2,1-2H3,(H,29,34)(H,27,30,31). The molecule has 9 nitrogen and oxygen atoms in total. The van der Waals surface area contributed by atoms with Gasteiger partial charge in [-0.1, -0.05) is 6.07 Å². The van der Waals surface area contributed by atoms with Crippen LogP contribution >= 0.6 is 0 Å². The van der Waals surface area contributed by atoms with Crippen molar-refractivity contribution in [2.75, 3.05) is 36.5 Å². The molecule has 0 radical (unpaired) electrons. The first-order valence-corrected chi connectivity index (χ1v) is 11.7. The highest BCUT2D eigenvalue weighted by Gasteiger charge is 2.14. The topological polar surface area (TPSA) is 105 Å². The summed E-state index contributed by atoms with van der Waals surface area (Å²) in [6.07, 6.45) is 3.57. The maximum absolute atomic E-state index is 12.1. The van der Waals surface area contributed by atoms with Gasteiger partial charge in [-0.15, -0.1) is 0 Å². The lowest BCUT2D eigenvalue weighted by atomic mass is 10.1. The monoisotopic (exact) mass is 469 g/mol. The number of benzene rings is 2. The quantitative estimate of drug-likeness (QED) is 0.439. The fourth-order valence-electron chi connectivity index (χ4n) is 3.86. The number of nitrogens with one attached hydrogen (secondary N) is 2. The number of nitrogens with zero attached hydrogens (tertiary/aromatic N) is 5. The van der Waals surface area contributed by atoms with Crippen LogP contribution in [0.1, 0.15) is 24.2 Å². The van der Waals surface area contributed by atoms with Crippen molar-refractivity contribution in [2.24, 2.45) is 0 Å². The number of hydrogen-bond donors (Lipinski definition) is 2. The minimum absolute atomic E-state index is 0.0879. The van der Waals surface area contributed by atoms with Crippen LogP contribution in [0.5, 0.6) is 0 Å². The average Bonchev–Trinajstić information content (AvgIpc) is 2.89. The molecular formula is C26H27N7O2. The summed E-state index contributed by atoms with van der Waals surface area (Å²) in [6, 6.07) is 15.2. The molecule has 0 spiro atoms. The number of amides is 1. The zero-order chi connectivity index (χ0) is 24.2. The van der Waals surface area contributed by atoms with Crippen LogP contribution in [0.2, 0.25) is 0 Å². The summed E-state index contributed by atoms with van der Waals surface area (Å²) in [5, 5.41) is 7.04. The molecule has 0 bridgehead atoms. The van der Waals surface area contributed by atoms with Gasteiger partial charge in [-0.25, -0.2) is 19.9 Å². The molecule has 35 heavy (non-hydrogen) atoms. The van der Waals surface area contributed by atoms with Gasteiger partial charge >= 0.3 is 0 Å². The molecule has 178 valence electrons. The number of ether oxygens (including phenoxy) is 1. The van der Waals surface area contributed by atoms with Crippen LogP contribution in [-0.4, -0.2) is 58.2 Å². The van der Waals surface area contributed by atoms with Crippen molar-refractivity contribution in [2.45, 2.75) is 19.9 Å². The number of carbonyl (C=O) groups excluding carboxylic acids is 1. The number of carbonyl (C=O) groups is 1. The summed E-state index contributed by atoms with van der Waals surface area (Å²) in [5.41, 5.74) is 4.03. The van der Waals surface area contributed by atoms with Gasteiger partial charge in [-0.3, -0.25) is 4.79 Å². The van der Waals surface area contributed by atoms with Crippen LogP contribution in [0.3, 0.4) is 0 Å². The van der Waals surface area contributed by atoms with Crippen molar-refractivity contribution in [1.82, 2.24) is 25.3 Å². The number of hydrogen-bond acceptors (Lipinski definition) is 8. The van der Waals surface area contributed by atoms with E-state index < -0.39 is 0 Å². The second kappa shape index (κ2) is 10.0. The molecule has 0 aliphatic carbocycles. The van der Waals surface area contributed by atoms with Crippen molar-refractivity contribution in [3.8, 4) is 11.3 Å². The van der Waals surface area contributed by atoms with Gasteiger partial charge in [0.15, 0.2) is 0 Å². The smallest absolute Gasteiger partial charge is 0.251 e. The second-order valence-electron chi connectivity index (χ2n) is 8.64. The van der Waals surface area contributed by atoms with Gasteiger partial charge in [0, 0.05) is 53.7 Å². The molecular weight excluding hydrogens is 442 g/mol. The molecule has 2 aromatic heterocycles. The van der Waals surface area contributed by atoms with Crippen LogP contribution in [-0.2, 0) is 4.74 Å². The Bertz CT molecular complexity index is 1340. The van der Waals surface area contributed by atoms with Crippen molar-refractivity contribution in [3.05, 3.63) is 66.5 Å². The van der Waals surface area contributed by atoms with Crippen molar-refractivity contribution < 1.29 is 9.53 Å². The molecule has 1 aliphatic rings. The van der Waals surface area contributed by atoms with Crippen molar-refractivity contribution in [3.63, 3.8) is 0 Å². The van der Waals surface area contributed by atoms with E-state index in [0.29, 0.717) is 24.7 Å². The Kier molecular flexibility index (Phi) is 6.49. The molecule has 1 aliphatic heterocycles. The lowest BCUT2D eigenvalue weighted by Crippen LogP contribution is -2.37. The molecule has 2 aromatic carbocycles. The Balaban J connectivity index is 1.32. The maximum atomic E-state index is 12.1. The first-order chi connectivity index (χ1) is 17.0. The Morgan fingerprint density at radius 3 is 2.57 bits per heavy atom. The van der Waals surface area contributed by atoms with E-state index in [1.165, 1.54) is 0 Å². The van der Waals surface area contributed by atoms with Gasteiger partial charge in [-0.05, 0) is 56.3 Å². The van der Waals surface area contributed by atoms with E-state index in [2.05, 4.69) is 30.5 Å². The van der Waals surface area contributed by atoms with Crippen LogP contribution in [0.4, 0.5) is 17.6 Å². The summed E-state index contributed by atoms with van der Waals surface area (Å²) in [5.74, 6) is 1.11. The van der Waals surface area contributed by atoms with E-state index in [0.717, 1.165) is 46.9 Å². The molecule has 1 fully saturated rings. The molecule has 0 unspecified atom stereocenters. The van der Waals surface area contributed by atoms with E-state index in [1.807, 2.05) is 56.4 Å². The molecule has 2 N–H and O–H groups in total. The first-order valence-electron chi connectivity index (χ1n) is 11.7. The molecule has 9 heteroatoms. The zero-order valence-corrected chi connectivity index (χ0v) is 19.7. The average molecular weight is 470 g/mol. The van der Waals surface area contributed by atoms with E-state index in [4.69, 9.17) is 9.72 Å².